The van der Waals surface area contributed by atoms with Gasteiger partial charge in [0, 0.05) is 0 Å². The van der Waals surface area contributed by atoms with E-state index in [2.05, 4.69) is 164 Å². The van der Waals surface area contributed by atoms with Gasteiger partial charge in [0.1, 0.15) is 0 Å². The summed E-state index contributed by atoms with van der Waals surface area (Å²) in [7, 11) is -2.03. The summed E-state index contributed by atoms with van der Waals surface area (Å²) in [5, 5.41) is 8.67. The molecule has 2 heteroatoms. The van der Waals surface area contributed by atoms with Crippen molar-refractivity contribution in [2.24, 2.45) is 0 Å². The molecule has 0 bridgehead atoms. The maximum Gasteiger partial charge on any atom is 4.00 e. The fraction of sp³-hybridized carbons (Fsp3) is 0.319. The average molecular weight is 830 g/mol. The SMILES string of the molecule is CCCCCC[Si](C)(c1cc2c(-c3ccc(C(C)(C)C)cc3)cccc2[cH-]1)c1cc2c(-c3ccc(C(C)(C)C)cc3)cccc2[cH-]1.[CH3-].[CH3-].[Hf+4]. The fourth-order valence-electron chi connectivity index (χ4n) is 7.27. The summed E-state index contributed by atoms with van der Waals surface area (Å²) in [6.45, 7) is 18.7. The van der Waals surface area contributed by atoms with Gasteiger partial charge >= 0.3 is 25.8 Å². The van der Waals surface area contributed by atoms with E-state index in [1.54, 1.807) is 10.4 Å². The van der Waals surface area contributed by atoms with Crippen LogP contribution in [0.2, 0.25) is 12.6 Å². The number of rotatable bonds is 9. The van der Waals surface area contributed by atoms with Crippen LogP contribution < -0.4 is 10.4 Å². The van der Waals surface area contributed by atoms with Gasteiger partial charge in [-0.25, -0.2) is 0 Å². The van der Waals surface area contributed by atoms with Crippen molar-refractivity contribution < 1.29 is 25.8 Å². The molecule has 0 aliphatic heterocycles. The van der Waals surface area contributed by atoms with Crippen LogP contribution in [-0.2, 0) is 36.7 Å². The first kappa shape index (κ1) is 40.6. The number of hydrogen-bond donors (Lipinski definition) is 0. The third-order valence-electron chi connectivity index (χ3n) is 10.4. The first-order valence-corrected chi connectivity index (χ1v) is 20.2. The van der Waals surface area contributed by atoms with Crippen molar-refractivity contribution in [2.45, 2.75) is 97.6 Å². The molecule has 254 valence electrons. The fourth-order valence-corrected chi connectivity index (χ4v) is 11.0. The van der Waals surface area contributed by atoms with Gasteiger partial charge in [0.05, 0.1) is 8.07 Å². The van der Waals surface area contributed by atoms with Crippen molar-refractivity contribution in [3.8, 4) is 22.3 Å². The summed E-state index contributed by atoms with van der Waals surface area (Å²) < 4.78 is 0. The molecule has 0 N–H and O–H groups in total. The molecule has 6 rings (SSSR count). The molecule has 0 amide bonds. The molecule has 0 aromatic heterocycles. The van der Waals surface area contributed by atoms with Crippen LogP contribution in [0.4, 0.5) is 0 Å². The third-order valence-corrected chi connectivity index (χ3v) is 14.9. The Balaban J connectivity index is 0.00000217. The van der Waals surface area contributed by atoms with Crippen LogP contribution in [0.1, 0.15) is 85.3 Å². The van der Waals surface area contributed by atoms with Crippen LogP contribution in [0.5, 0.6) is 0 Å². The van der Waals surface area contributed by atoms with Crippen molar-refractivity contribution in [1.29, 1.82) is 0 Å². The molecular formula is C47H58HfSi. The van der Waals surface area contributed by atoms with Crippen LogP contribution in [0.3, 0.4) is 0 Å². The van der Waals surface area contributed by atoms with E-state index in [-0.39, 0.29) is 51.5 Å². The van der Waals surface area contributed by atoms with Crippen LogP contribution in [0, 0.1) is 14.9 Å². The molecule has 0 radical (unpaired) electrons. The summed E-state index contributed by atoms with van der Waals surface area (Å²) in [6, 6.07) is 43.8. The molecule has 0 nitrogen and oxygen atoms in total. The van der Waals surface area contributed by atoms with Crippen LogP contribution >= 0.6 is 0 Å². The van der Waals surface area contributed by atoms with E-state index >= 15 is 0 Å². The smallest absolute Gasteiger partial charge is 0.358 e. The van der Waals surface area contributed by atoms with E-state index in [1.165, 1.54) is 86.7 Å². The Morgan fingerprint density at radius 3 is 1.33 bits per heavy atom. The second kappa shape index (κ2) is 16.0. The Hall–Kier alpha value is -2.81. The van der Waals surface area contributed by atoms with E-state index < -0.39 is 8.07 Å². The van der Waals surface area contributed by atoms with Gasteiger partial charge in [0.15, 0.2) is 0 Å². The van der Waals surface area contributed by atoms with Crippen molar-refractivity contribution in [2.75, 3.05) is 0 Å². The molecule has 0 spiro atoms. The Bertz CT molecular complexity index is 1800. The molecule has 0 aliphatic carbocycles. The van der Waals surface area contributed by atoms with Gasteiger partial charge in [0.25, 0.3) is 0 Å². The van der Waals surface area contributed by atoms with Gasteiger partial charge in [0.2, 0.25) is 0 Å². The van der Waals surface area contributed by atoms with Crippen LogP contribution in [0.15, 0.2) is 109 Å². The van der Waals surface area contributed by atoms with Gasteiger partial charge < -0.3 is 14.9 Å². The molecule has 0 saturated carbocycles. The summed E-state index contributed by atoms with van der Waals surface area (Å²) in [4.78, 5) is 0. The molecular weight excluding hydrogens is 771 g/mol. The Labute approximate surface area is 318 Å². The summed E-state index contributed by atoms with van der Waals surface area (Å²) >= 11 is 0. The maximum absolute atomic E-state index is 2.64. The van der Waals surface area contributed by atoms with E-state index in [4.69, 9.17) is 0 Å². The standard InChI is InChI=1S/C45H52Si.2CH3.Hf/c1-9-10-11-12-27-46(8,38-28-34-15-13-17-40(42(34)30-38)32-19-23-36(24-20-32)44(2,3)4)39-29-35-16-14-18-41(43(35)31-39)33-21-25-37(26-22-33)45(5,6)7;;;/h13-26,28-31H,9-12,27H2,1-8H3;2*1H3;/q-2;2*-1;+4. The Morgan fingerprint density at radius 2 is 0.959 bits per heavy atom. The minimum absolute atomic E-state index is 0. The zero-order valence-corrected chi connectivity index (χ0v) is 36.5. The average Bonchev–Trinajstić information content (AvgIpc) is 3.68. The third kappa shape index (κ3) is 8.40. The van der Waals surface area contributed by atoms with Gasteiger partial charge in [-0.05, 0) is 33.1 Å². The Kier molecular flexibility index (Phi) is 13.3. The monoisotopic (exact) mass is 830 g/mol. The topological polar surface area (TPSA) is 0 Å². The number of benzene rings is 4. The molecule has 0 fully saturated rings. The predicted octanol–water partition coefficient (Wildman–Crippen LogP) is 13.0. The maximum atomic E-state index is 2.64. The minimum Gasteiger partial charge on any atom is -0.358 e. The molecule has 0 unspecified atom stereocenters. The second-order valence-corrected chi connectivity index (χ2v) is 20.2. The molecule has 0 atom stereocenters. The van der Waals surface area contributed by atoms with Gasteiger partial charge in [-0.2, -0.15) is 12.1 Å². The van der Waals surface area contributed by atoms with E-state index in [1.807, 2.05) is 0 Å². The number of unbranched alkanes of at least 4 members (excludes halogenated alkanes) is 3. The van der Waals surface area contributed by atoms with Crippen LogP contribution in [-0.4, -0.2) is 8.07 Å². The summed E-state index contributed by atoms with van der Waals surface area (Å²) in [5.41, 5.74) is 8.38. The van der Waals surface area contributed by atoms with Crippen molar-refractivity contribution in [3.05, 3.63) is 135 Å². The zero-order chi connectivity index (χ0) is 32.7. The summed E-state index contributed by atoms with van der Waals surface area (Å²) in [6.07, 6.45) is 5.20. The predicted molar refractivity (Wildman–Crippen MR) is 220 cm³/mol. The van der Waals surface area contributed by atoms with Gasteiger partial charge in [-0.15, -0.1) is 68.3 Å². The van der Waals surface area contributed by atoms with E-state index in [9.17, 15) is 0 Å². The molecule has 49 heavy (non-hydrogen) atoms. The number of fused-ring (bicyclic) bond motifs is 2. The first-order valence-electron chi connectivity index (χ1n) is 17.5. The normalized spacial score (nSPS) is 12.0. The molecule has 0 saturated heterocycles. The largest absolute Gasteiger partial charge is 4.00 e. The van der Waals surface area contributed by atoms with E-state index in [0.717, 1.165) is 0 Å². The number of hydrogen-bond acceptors (Lipinski definition) is 0. The quantitative estimate of drug-likeness (QED) is 0.0774. The molecule has 0 heterocycles. The van der Waals surface area contributed by atoms with Gasteiger partial charge in [-0.3, -0.25) is 0 Å². The molecule has 0 aliphatic rings. The minimum atomic E-state index is -2.03. The van der Waals surface area contributed by atoms with Crippen LogP contribution in [0.25, 0.3) is 43.8 Å². The van der Waals surface area contributed by atoms with Crippen molar-refractivity contribution in [3.63, 3.8) is 0 Å². The molecule has 6 aromatic carbocycles. The van der Waals surface area contributed by atoms with Crippen molar-refractivity contribution in [1.82, 2.24) is 0 Å². The van der Waals surface area contributed by atoms with Crippen molar-refractivity contribution >= 4 is 40.0 Å². The molecule has 6 aromatic rings. The Morgan fingerprint density at radius 1 is 0.551 bits per heavy atom. The van der Waals surface area contributed by atoms with Gasteiger partial charge in [-0.1, -0.05) is 159 Å². The van der Waals surface area contributed by atoms with E-state index in [0.29, 0.717) is 0 Å². The first-order chi connectivity index (χ1) is 21.9. The second-order valence-electron chi connectivity index (χ2n) is 15.9. The zero-order valence-electron chi connectivity index (χ0n) is 31.9. The summed E-state index contributed by atoms with van der Waals surface area (Å²) in [5.74, 6) is 0.